The Morgan fingerprint density at radius 3 is 2.45 bits per heavy atom. The molecule has 4 nitrogen and oxygen atoms in total. The van der Waals surface area contributed by atoms with Crippen LogP contribution in [-0.4, -0.2) is 35.6 Å². The van der Waals surface area contributed by atoms with Crippen LogP contribution in [0.25, 0.3) is 0 Å². The maximum absolute atomic E-state index is 13.2. The smallest absolute Gasteiger partial charge is 0.338 e. The van der Waals surface area contributed by atoms with E-state index in [2.05, 4.69) is 4.98 Å². The molecule has 0 bridgehead atoms. The zero-order valence-electron chi connectivity index (χ0n) is 12.8. The van der Waals surface area contributed by atoms with Crippen LogP contribution >= 0.6 is 11.6 Å². The van der Waals surface area contributed by atoms with Gasteiger partial charge in [-0.25, -0.2) is 18.6 Å². The number of carbonyl (C=O) groups is 1. The largest absolute Gasteiger partial charge is 0.456 e. The number of halogens is 3. The Morgan fingerprint density at radius 1 is 1.32 bits per heavy atom. The van der Waals surface area contributed by atoms with E-state index in [4.69, 9.17) is 16.3 Å². The minimum absolute atomic E-state index is 0.135. The minimum atomic E-state index is -2.64. The van der Waals surface area contributed by atoms with E-state index in [1.54, 1.807) is 25.7 Å². The number of carbonyl (C=O) groups excluding carboxylic acids is 1. The average Bonchev–Trinajstić information content (AvgIpc) is 2.35. The zero-order chi connectivity index (χ0) is 16.5. The van der Waals surface area contributed by atoms with Crippen molar-refractivity contribution < 1.29 is 18.3 Å². The summed E-state index contributed by atoms with van der Waals surface area (Å²) < 4.78 is 31.7. The zero-order valence-corrected chi connectivity index (χ0v) is 13.6. The second kappa shape index (κ2) is 5.99. The lowest BCUT2D eigenvalue weighted by atomic mass is 10.1. The lowest BCUT2D eigenvalue weighted by molar-refractivity contribution is -0.0222. The maximum atomic E-state index is 13.2. The number of aromatic nitrogens is 1. The van der Waals surface area contributed by atoms with Crippen LogP contribution in [0.4, 0.5) is 14.6 Å². The molecule has 1 aliphatic rings. The number of hydrogen-bond acceptors (Lipinski definition) is 4. The molecule has 1 aliphatic heterocycles. The van der Waals surface area contributed by atoms with Crippen LogP contribution in [0.3, 0.4) is 0 Å². The number of anilines is 1. The molecule has 0 spiro atoms. The van der Waals surface area contributed by atoms with Crippen LogP contribution in [0, 0.1) is 0 Å². The van der Waals surface area contributed by atoms with Gasteiger partial charge in [0.25, 0.3) is 5.92 Å². The maximum Gasteiger partial charge on any atom is 0.338 e. The Balaban J connectivity index is 2.19. The standard InChI is InChI=1S/C15H19ClF2N2O2/c1-14(2,3)22-13(21)10-8-11(16)19-12(9-10)20-6-4-15(17,18)5-7-20/h8-9H,4-7H2,1-3H3. The van der Waals surface area contributed by atoms with Crippen LogP contribution in [0.1, 0.15) is 44.0 Å². The Bertz CT molecular complexity index is 563. The molecule has 122 valence electrons. The SMILES string of the molecule is CC(C)(C)OC(=O)c1cc(Cl)nc(N2CCC(F)(F)CC2)c1. The van der Waals surface area contributed by atoms with Crippen molar-refractivity contribution in [1.29, 1.82) is 0 Å². The predicted molar refractivity (Wildman–Crippen MR) is 80.8 cm³/mol. The summed E-state index contributed by atoms with van der Waals surface area (Å²) >= 11 is 5.95. The van der Waals surface area contributed by atoms with E-state index in [1.165, 1.54) is 12.1 Å². The number of nitrogens with zero attached hydrogens (tertiary/aromatic N) is 2. The quantitative estimate of drug-likeness (QED) is 0.608. The van der Waals surface area contributed by atoms with E-state index in [-0.39, 0.29) is 36.6 Å². The number of piperidine rings is 1. The van der Waals surface area contributed by atoms with Crippen LogP contribution in [-0.2, 0) is 4.74 Å². The number of pyridine rings is 1. The van der Waals surface area contributed by atoms with Gasteiger partial charge < -0.3 is 9.64 Å². The molecule has 0 atom stereocenters. The van der Waals surface area contributed by atoms with Crippen molar-refractivity contribution in [2.45, 2.75) is 45.1 Å². The molecule has 1 aromatic heterocycles. The second-order valence-corrected chi connectivity index (χ2v) is 6.77. The van der Waals surface area contributed by atoms with E-state index < -0.39 is 17.5 Å². The van der Waals surface area contributed by atoms with Gasteiger partial charge in [-0.05, 0) is 32.9 Å². The van der Waals surface area contributed by atoms with Crippen LogP contribution < -0.4 is 4.90 Å². The summed E-state index contributed by atoms with van der Waals surface area (Å²) in [5, 5.41) is 0.135. The fourth-order valence-electron chi connectivity index (χ4n) is 2.16. The first-order valence-corrected chi connectivity index (χ1v) is 7.47. The molecular formula is C15H19ClF2N2O2. The number of rotatable bonds is 2. The third-order valence-corrected chi connectivity index (χ3v) is 3.43. The van der Waals surface area contributed by atoms with Crippen molar-refractivity contribution in [3.8, 4) is 0 Å². The van der Waals surface area contributed by atoms with E-state index >= 15 is 0 Å². The summed E-state index contributed by atoms with van der Waals surface area (Å²) in [6, 6.07) is 2.95. The second-order valence-electron chi connectivity index (χ2n) is 6.38. The molecule has 2 heterocycles. The Labute approximate surface area is 133 Å². The fourth-order valence-corrected chi connectivity index (χ4v) is 2.37. The Morgan fingerprint density at radius 2 is 1.91 bits per heavy atom. The van der Waals surface area contributed by atoms with Crippen molar-refractivity contribution >= 4 is 23.4 Å². The molecule has 1 aromatic rings. The molecule has 1 saturated heterocycles. The van der Waals surface area contributed by atoms with Crippen LogP contribution in [0.2, 0.25) is 5.15 Å². The lowest BCUT2D eigenvalue weighted by Gasteiger charge is -2.32. The number of alkyl halides is 2. The van der Waals surface area contributed by atoms with Gasteiger partial charge in [0.15, 0.2) is 0 Å². The summed E-state index contributed by atoms with van der Waals surface area (Å²) in [6.45, 7) is 5.65. The molecule has 0 N–H and O–H groups in total. The van der Waals surface area contributed by atoms with Gasteiger partial charge in [-0.1, -0.05) is 11.6 Å². The number of ether oxygens (including phenoxy) is 1. The molecule has 0 aliphatic carbocycles. The summed E-state index contributed by atoms with van der Waals surface area (Å²) in [5.41, 5.74) is -0.359. The lowest BCUT2D eigenvalue weighted by Crippen LogP contribution is -2.39. The first-order valence-electron chi connectivity index (χ1n) is 7.09. The summed E-state index contributed by atoms with van der Waals surface area (Å²) in [6.07, 6.45) is -0.466. The third kappa shape index (κ3) is 4.53. The van der Waals surface area contributed by atoms with E-state index in [9.17, 15) is 13.6 Å². The monoisotopic (exact) mass is 332 g/mol. The van der Waals surface area contributed by atoms with E-state index in [0.29, 0.717) is 5.82 Å². The third-order valence-electron chi connectivity index (χ3n) is 3.23. The molecule has 2 rings (SSSR count). The van der Waals surface area contributed by atoms with Gasteiger partial charge in [0.1, 0.15) is 16.6 Å². The molecule has 0 aromatic carbocycles. The van der Waals surface area contributed by atoms with Crippen molar-refractivity contribution in [2.24, 2.45) is 0 Å². The molecule has 0 unspecified atom stereocenters. The van der Waals surface area contributed by atoms with Crippen molar-refractivity contribution in [2.75, 3.05) is 18.0 Å². The van der Waals surface area contributed by atoms with Crippen molar-refractivity contribution in [3.63, 3.8) is 0 Å². The Hall–Kier alpha value is -1.43. The first-order chi connectivity index (χ1) is 10.1. The Kier molecular flexibility index (Phi) is 4.61. The number of hydrogen-bond donors (Lipinski definition) is 0. The van der Waals surface area contributed by atoms with Crippen LogP contribution in [0.5, 0.6) is 0 Å². The van der Waals surface area contributed by atoms with Gasteiger partial charge >= 0.3 is 5.97 Å². The topological polar surface area (TPSA) is 42.4 Å². The van der Waals surface area contributed by atoms with E-state index in [1.807, 2.05) is 0 Å². The van der Waals surface area contributed by atoms with Gasteiger partial charge in [0, 0.05) is 25.9 Å². The molecule has 1 fully saturated rings. The highest BCUT2D eigenvalue weighted by atomic mass is 35.5. The van der Waals surface area contributed by atoms with Crippen molar-refractivity contribution in [1.82, 2.24) is 4.98 Å². The number of esters is 1. The highest BCUT2D eigenvalue weighted by Gasteiger charge is 2.34. The first kappa shape index (κ1) is 16.9. The summed E-state index contributed by atoms with van der Waals surface area (Å²) in [5.74, 6) is -2.73. The molecule has 0 amide bonds. The fraction of sp³-hybridized carbons (Fsp3) is 0.600. The van der Waals surface area contributed by atoms with Gasteiger partial charge in [-0.15, -0.1) is 0 Å². The summed E-state index contributed by atoms with van der Waals surface area (Å²) in [4.78, 5) is 17.9. The van der Waals surface area contributed by atoms with Gasteiger partial charge in [-0.2, -0.15) is 0 Å². The van der Waals surface area contributed by atoms with E-state index in [0.717, 1.165) is 0 Å². The minimum Gasteiger partial charge on any atom is -0.456 e. The predicted octanol–water partition coefficient (Wildman–Crippen LogP) is 3.93. The molecule has 0 saturated carbocycles. The molecule has 22 heavy (non-hydrogen) atoms. The van der Waals surface area contributed by atoms with Gasteiger partial charge in [0.2, 0.25) is 0 Å². The molecule has 0 radical (unpaired) electrons. The van der Waals surface area contributed by atoms with Crippen molar-refractivity contribution in [3.05, 3.63) is 22.8 Å². The van der Waals surface area contributed by atoms with Gasteiger partial charge in [-0.3, -0.25) is 0 Å². The molecular weight excluding hydrogens is 314 g/mol. The van der Waals surface area contributed by atoms with Gasteiger partial charge in [0.05, 0.1) is 5.56 Å². The highest BCUT2D eigenvalue weighted by molar-refractivity contribution is 6.29. The average molecular weight is 333 g/mol. The normalized spacial score (nSPS) is 18.2. The van der Waals surface area contributed by atoms with Crippen LogP contribution in [0.15, 0.2) is 12.1 Å². The summed E-state index contributed by atoms with van der Waals surface area (Å²) in [7, 11) is 0. The molecule has 7 heteroatoms. The highest BCUT2D eigenvalue weighted by Crippen LogP contribution is 2.30.